The SMILES string of the molecule is [NH-]C(=O)CNc1ccccc1.[NH-]CC(=O)[N-]CC(=O)[O-].[Na+].[Pd]. The molecule has 10 heteroatoms. The van der Waals surface area contributed by atoms with Crippen LogP contribution in [-0.4, -0.2) is 37.4 Å². The van der Waals surface area contributed by atoms with Gasteiger partial charge in [0, 0.05) is 38.0 Å². The first-order valence-electron chi connectivity index (χ1n) is 5.53. The molecule has 1 rings (SSSR count). The standard InChI is InChI=1S/C8H10N2O.C4H7N2O3.Na.Pd/c9-8(11)6-10-7-4-2-1-3-5-7;5-1-3(7)6-2-4(8)9;;/h1-5,10H,6H2,(H2,9,11);5H,1-2H2,(H2,6,7,8,9);;/q;-1;+1;/p-3. The molecule has 0 heterocycles. The molecule has 1 aromatic carbocycles. The fourth-order valence-electron chi connectivity index (χ4n) is 0.947. The van der Waals surface area contributed by atoms with E-state index in [1.54, 1.807) is 0 Å². The molecule has 0 saturated heterocycles. The summed E-state index contributed by atoms with van der Waals surface area (Å²) in [6, 6.07) is 9.34. The van der Waals surface area contributed by atoms with Gasteiger partial charge < -0.3 is 41.6 Å². The van der Waals surface area contributed by atoms with Crippen LogP contribution in [0.5, 0.6) is 0 Å². The molecule has 22 heavy (non-hydrogen) atoms. The summed E-state index contributed by atoms with van der Waals surface area (Å²) < 4.78 is 0. The van der Waals surface area contributed by atoms with E-state index in [1.165, 1.54) is 0 Å². The van der Waals surface area contributed by atoms with E-state index < -0.39 is 30.9 Å². The van der Waals surface area contributed by atoms with Gasteiger partial charge in [-0.1, -0.05) is 24.7 Å². The van der Waals surface area contributed by atoms with Gasteiger partial charge in [-0.3, -0.25) is 0 Å². The number of nitrogens with zero attached hydrogens (tertiary/aromatic N) is 1. The van der Waals surface area contributed by atoms with Crippen LogP contribution in [0.25, 0.3) is 16.8 Å². The van der Waals surface area contributed by atoms with Crippen LogP contribution in [0.15, 0.2) is 30.3 Å². The molecule has 0 bridgehead atoms. The van der Waals surface area contributed by atoms with Crippen molar-refractivity contribution in [3.8, 4) is 0 Å². The quantitative estimate of drug-likeness (QED) is 0.512. The molecule has 0 unspecified atom stereocenters. The number of amides is 2. The molecule has 0 saturated carbocycles. The van der Waals surface area contributed by atoms with Crippen LogP contribution in [0.1, 0.15) is 0 Å². The van der Waals surface area contributed by atoms with Crippen LogP contribution in [0.2, 0.25) is 0 Å². The van der Waals surface area contributed by atoms with E-state index in [9.17, 15) is 19.5 Å². The summed E-state index contributed by atoms with van der Waals surface area (Å²) >= 11 is 0. The van der Waals surface area contributed by atoms with Gasteiger partial charge in [0.05, 0.1) is 12.5 Å². The van der Waals surface area contributed by atoms with Crippen molar-refractivity contribution in [2.45, 2.75) is 0 Å². The minimum atomic E-state index is -1.41. The number of carboxylic acids is 1. The normalized spacial score (nSPS) is 8.05. The zero-order valence-corrected chi connectivity index (χ0v) is 15.5. The Morgan fingerprint density at radius 3 is 2.14 bits per heavy atom. The Bertz CT molecular complexity index is 448. The Hall–Kier alpha value is -0.948. The molecular formula is C12H14N4NaO4Pd-3. The third-order valence-electron chi connectivity index (χ3n) is 1.76. The van der Waals surface area contributed by atoms with E-state index in [0.717, 1.165) is 5.69 Å². The Kier molecular flexibility index (Phi) is 19.4. The van der Waals surface area contributed by atoms with Gasteiger partial charge in [-0.05, 0) is 12.1 Å². The van der Waals surface area contributed by atoms with Crippen LogP contribution in [0.3, 0.4) is 0 Å². The largest absolute Gasteiger partial charge is 1.00 e. The Labute approximate surface area is 164 Å². The second-order valence-electron chi connectivity index (χ2n) is 3.40. The molecule has 8 nitrogen and oxygen atoms in total. The average molecular weight is 408 g/mol. The van der Waals surface area contributed by atoms with Crippen molar-refractivity contribution in [3.63, 3.8) is 0 Å². The third kappa shape index (κ3) is 17.1. The van der Waals surface area contributed by atoms with Gasteiger partial charge in [0.2, 0.25) is 0 Å². The van der Waals surface area contributed by atoms with E-state index in [1.807, 2.05) is 30.3 Å². The summed E-state index contributed by atoms with van der Waals surface area (Å²) in [5.74, 6) is -2.75. The maximum Gasteiger partial charge on any atom is 1.00 e. The van der Waals surface area contributed by atoms with Crippen molar-refractivity contribution in [1.82, 2.24) is 0 Å². The van der Waals surface area contributed by atoms with Crippen LogP contribution in [0.4, 0.5) is 5.69 Å². The van der Waals surface area contributed by atoms with Crippen LogP contribution in [0, 0.1) is 0 Å². The number of carbonyl (C=O) groups excluding carboxylic acids is 3. The van der Waals surface area contributed by atoms with Crippen molar-refractivity contribution >= 4 is 23.5 Å². The minimum Gasteiger partial charge on any atom is -0.673 e. The Morgan fingerprint density at radius 1 is 1.18 bits per heavy atom. The number of rotatable bonds is 6. The van der Waals surface area contributed by atoms with Crippen molar-refractivity contribution in [3.05, 3.63) is 47.1 Å². The molecule has 0 fully saturated rings. The first-order valence-corrected chi connectivity index (χ1v) is 5.53. The number of carboxylic acid groups (broad SMARTS) is 1. The summed E-state index contributed by atoms with van der Waals surface area (Å²) in [5.41, 5.74) is 13.9. The fraction of sp³-hybridized carbons (Fsp3) is 0.250. The molecule has 0 radical (unpaired) electrons. The maximum absolute atomic E-state index is 10.2. The Balaban J connectivity index is -0.000000307. The van der Waals surface area contributed by atoms with Gasteiger partial charge in [-0.25, -0.2) is 0 Å². The van der Waals surface area contributed by atoms with Gasteiger partial charge in [-0.15, -0.1) is 6.54 Å². The maximum atomic E-state index is 10.2. The summed E-state index contributed by atoms with van der Waals surface area (Å²) in [4.78, 5) is 29.9. The van der Waals surface area contributed by atoms with Crippen molar-refractivity contribution < 1.29 is 69.5 Å². The predicted octanol–water partition coefficient (Wildman–Crippen LogP) is -2.63. The van der Waals surface area contributed by atoms with Gasteiger partial charge in [0.25, 0.3) is 0 Å². The van der Waals surface area contributed by atoms with Crippen molar-refractivity contribution in [2.24, 2.45) is 0 Å². The van der Waals surface area contributed by atoms with E-state index in [2.05, 4.69) is 10.6 Å². The fourth-order valence-corrected chi connectivity index (χ4v) is 0.947. The molecule has 0 aliphatic heterocycles. The molecule has 0 aliphatic carbocycles. The summed E-state index contributed by atoms with van der Waals surface area (Å²) in [6.07, 6.45) is 0. The van der Waals surface area contributed by atoms with E-state index >= 15 is 0 Å². The van der Waals surface area contributed by atoms with Gasteiger partial charge in [0.1, 0.15) is 0 Å². The molecule has 0 spiro atoms. The first-order chi connectivity index (χ1) is 9.45. The summed E-state index contributed by atoms with van der Waals surface area (Å²) in [5, 5.41) is 15.4. The van der Waals surface area contributed by atoms with Crippen LogP contribution >= 0.6 is 0 Å². The zero-order valence-electron chi connectivity index (χ0n) is 11.9. The molecule has 0 aliphatic rings. The molecule has 1 aromatic rings. The second-order valence-corrected chi connectivity index (χ2v) is 3.40. The number of anilines is 1. The van der Waals surface area contributed by atoms with Crippen LogP contribution < -0.4 is 40.0 Å². The van der Waals surface area contributed by atoms with Gasteiger partial charge in [0.15, 0.2) is 0 Å². The molecule has 3 N–H and O–H groups in total. The van der Waals surface area contributed by atoms with Gasteiger partial charge in [-0.2, -0.15) is 0 Å². The second kappa shape index (κ2) is 16.4. The molecular weight excluding hydrogens is 394 g/mol. The van der Waals surface area contributed by atoms with Crippen molar-refractivity contribution in [2.75, 3.05) is 25.0 Å². The van der Waals surface area contributed by atoms with E-state index in [-0.39, 0.29) is 56.5 Å². The number of aliphatic carboxylic acids is 1. The smallest absolute Gasteiger partial charge is 0.673 e. The topological polar surface area (TPSA) is 148 Å². The number of hydrogen-bond acceptors (Lipinski definition) is 5. The molecule has 0 atom stereocenters. The number of benzene rings is 1. The van der Waals surface area contributed by atoms with E-state index in [4.69, 9.17) is 11.5 Å². The van der Waals surface area contributed by atoms with Gasteiger partial charge >= 0.3 is 29.6 Å². The molecule has 0 aromatic heterocycles. The first kappa shape index (κ1) is 26.0. The number of carbonyl (C=O) groups is 3. The molecule has 2 amide bonds. The Morgan fingerprint density at radius 2 is 1.73 bits per heavy atom. The predicted molar refractivity (Wildman–Crippen MR) is 71.7 cm³/mol. The third-order valence-corrected chi connectivity index (χ3v) is 1.76. The zero-order chi connectivity index (χ0) is 15.4. The summed E-state index contributed by atoms with van der Waals surface area (Å²) in [6.45, 7) is -1.07. The monoisotopic (exact) mass is 407 g/mol. The average Bonchev–Trinajstić information content (AvgIpc) is 2.44. The summed E-state index contributed by atoms with van der Waals surface area (Å²) in [7, 11) is 0. The number of hydrogen-bond donors (Lipinski definition) is 1. The van der Waals surface area contributed by atoms with E-state index in [0.29, 0.717) is 0 Å². The number of para-hydroxylation sites is 1. The van der Waals surface area contributed by atoms with Crippen molar-refractivity contribution in [1.29, 1.82) is 0 Å². The number of nitrogens with one attached hydrogen (secondary N) is 3. The minimum absolute atomic E-state index is 0. The molecule has 120 valence electrons. The van der Waals surface area contributed by atoms with Crippen LogP contribution in [-0.2, 0) is 34.8 Å².